The number of benzene rings is 1. The Morgan fingerprint density at radius 2 is 2.00 bits per heavy atom. The minimum Gasteiger partial charge on any atom is -0.507 e. The van der Waals surface area contributed by atoms with Crippen molar-refractivity contribution in [1.29, 1.82) is 0 Å². The Morgan fingerprint density at radius 3 is 2.58 bits per heavy atom. The number of aldehydes is 1. The minimum absolute atomic E-state index is 0.0469. The fraction of sp³-hybridized carbons (Fsp3) is 0.100. The van der Waals surface area contributed by atoms with Gasteiger partial charge in [0.1, 0.15) is 5.75 Å². The number of rotatable bonds is 2. The molecular formula is C10H10O2. The van der Waals surface area contributed by atoms with Crippen molar-refractivity contribution in [2.75, 3.05) is 0 Å². The predicted octanol–water partition coefficient (Wildman–Crippen LogP) is 2.24. The maximum absolute atomic E-state index is 10.4. The molecule has 0 bridgehead atoms. The number of para-hydroxylation sites is 1. The van der Waals surface area contributed by atoms with Gasteiger partial charge in [-0.05, 0) is 13.0 Å². The molecule has 12 heavy (non-hydrogen) atoms. The van der Waals surface area contributed by atoms with Crippen LogP contribution in [0, 0.1) is 0 Å². The summed E-state index contributed by atoms with van der Waals surface area (Å²) in [5, 5.41) is 9.44. The Hall–Kier alpha value is -1.57. The summed E-state index contributed by atoms with van der Waals surface area (Å²) in [5.41, 5.74) is 0.993. The van der Waals surface area contributed by atoms with Crippen molar-refractivity contribution >= 4 is 12.4 Å². The van der Waals surface area contributed by atoms with Crippen LogP contribution < -0.4 is 0 Å². The molecule has 0 saturated heterocycles. The second-order valence-corrected chi connectivity index (χ2v) is 2.40. The van der Waals surface area contributed by atoms with Gasteiger partial charge in [-0.2, -0.15) is 0 Å². The van der Waals surface area contributed by atoms with E-state index >= 15 is 0 Å². The maximum atomic E-state index is 10.4. The summed E-state index contributed by atoms with van der Waals surface area (Å²) in [4.78, 5) is 10.4. The topological polar surface area (TPSA) is 37.3 Å². The van der Waals surface area contributed by atoms with Crippen LogP contribution in [0.25, 0.3) is 6.08 Å². The lowest BCUT2D eigenvalue weighted by Gasteiger charge is -2.00. The van der Waals surface area contributed by atoms with Gasteiger partial charge >= 0.3 is 0 Å². The first kappa shape index (κ1) is 8.53. The molecule has 0 radical (unpaired) electrons. The van der Waals surface area contributed by atoms with E-state index in [4.69, 9.17) is 0 Å². The lowest BCUT2D eigenvalue weighted by atomic mass is 10.1. The lowest BCUT2D eigenvalue weighted by molar-refractivity contribution is 0.112. The third kappa shape index (κ3) is 1.53. The average molecular weight is 162 g/mol. The van der Waals surface area contributed by atoms with E-state index in [1.807, 2.05) is 13.0 Å². The van der Waals surface area contributed by atoms with Crippen LogP contribution in [0.4, 0.5) is 0 Å². The highest BCUT2D eigenvalue weighted by Crippen LogP contribution is 2.21. The summed E-state index contributed by atoms with van der Waals surface area (Å²) in [7, 11) is 0. The van der Waals surface area contributed by atoms with Crippen molar-refractivity contribution in [2.45, 2.75) is 6.92 Å². The van der Waals surface area contributed by atoms with Gasteiger partial charge in [0.05, 0.1) is 5.56 Å². The molecule has 0 fully saturated rings. The van der Waals surface area contributed by atoms with Gasteiger partial charge in [-0.1, -0.05) is 24.3 Å². The highest BCUT2D eigenvalue weighted by molar-refractivity contribution is 5.81. The maximum Gasteiger partial charge on any atom is 0.153 e. The largest absolute Gasteiger partial charge is 0.507 e. The second-order valence-electron chi connectivity index (χ2n) is 2.40. The van der Waals surface area contributed by atoms with Gasteiger partial charge in [-0.25, -0.2) is 0 Å². The molecule has 0 unspecified atom stereocenters. The third-order valence-corrected chi connectivity index (χ3v) is 1.57. The first-order chi connectivity index (χ1) is 5.79. The number of carbonyl (C=O) groups excluding carboxylic acids is 1. The highest BCUT2D eigenvalue weighted by atomic mass is 16.3. The van der Waals surface area contributed by atoms with E-state index in [9.17, 15) is 9.90 Å². The van der Waals surface area contributed by atoms with Gasteiger partial charge in [0, 0.05) is 5.56 Å². The molecule has 0 amide bonds. The summed E-state index contributed by atoms with van der Waals surface area (Å²) in [6.45, 7) is 1.85. The summed E-state index contributed by atoms with van der Waals surface area (Å²) >= 11 is 0. The second kappa shape index (κ2) is 3.72. The van der Waals surface area contributed by atoms with Crippen LogP contribution in [-0.4, -0.2) is 11.4 Å². The normalized spacial score (nSPS) is 10.4. The van der Waals surface area contributed by atoms with Crippen molar-refractivity contribution < 1.29 is 9.90 Å². The Labute approximate surface area is 71.2 Å². The highest BCUT2D eigenvalue weighted by Gasteiger charge is 2.01. The van der Waals surface area contributed by atoms with Gasteiger partial charge in [0.15, 0.2) is 6.29 Å². The van der Waals surface area contributed by atoms with E-state index in [2.05, 4.69) is 0 Å². The van der Waals surface area contributed by atoms with Crippen LogP contribution in [0.5, 0.6) is 5.75 Å². The molecule has 0 aromatic heterocycles. The van der Waals surface area contributed by atoms with Gasteiger partial charge in [0.25, 0.3) is 0 Å². The average Bonchev–Trinajstić information content (AvgIpc) is 2.09. The van der Waals surface area contributed by atoms with Crippen molar-refractivity contribution in [2.24, 2.45) is 0 Å². The van der Waals surface area contributed by atoms with Crippen molar-refractivity contribution in [3.05, 3.63) is 35.4 Å². The number of aromatic hydroxyl groups is 1. The Morgan fingerprint density at radius 1 is 1.33 bits per heavy atom. The molecule has 62 valence electrons. The zero-order valence-corrected chi connectivity index (χ0v) is 6.82. The van der Waals surface area contributed by atoms with Crippen molar-refractivity contribution in [3.63, 3.8) is 0 Å². The van der Waals surface area contributed by atoms with Crippen LogP contribution in [-0.2, 0) is 0 Å². The molecule has 0 atom stereocenters. The zero-order valence-electron chi connectivity index (χ0n) is 6.82. The first-order valence-electron chi connectivity index (χ1n) is 3.69. The lowest BCUT2D eigenvalue weighted by Crippen LogP contribution is -1.83. The van der Waals surface area contributed by atoms with Gasteiger partial charge in [-0.3, -0.25) is 4.79 Å². The molecule has 1 rings (SSSR count). The first-order valence-corrected chi connectivity index (χ1v) is 3.69. The number of phenolic OH excluding ortho intramolecular Hbond substituents is 1. The van der Waals surface area contributed by atoms with Crippen molar-refractivity contribution in [1.82, 2.24) is 0 Å². The molecular weight excluding hydrogens is 152 g/mol. The number of hydrogen-bond donors (Lipinski definition) is 1. The number of hydrogen-bond acceptors (Lipinski definition) is 2. The molecule has 2 nitrogen and oxygen atoms in total. The predicted molar refractivity (Wildman–Crippen MR) is 48.2 cm³/mol. The summed E-state index contributed by atoms with van der Waals surface area (Å²) in [6, 6.07) is 5.07. The third-order valence-electron chi connectivity index (χ3n) is 1.57. The van der Waals surface area contributed by atoms with Crippen LogP contribution in [0.15, 0.2) is 24.3 Å². The van der Waals surface area contributed by atoms with Crippen LogP contribution in [0.3, 0.4) is 0 Å². The van der Waals surface area contributed by atoms with Gasteiger partial charge in [-0.15, -0.1) is 0 Å². The molecule has 0 aliphatic carbocycles. The monoisotopic (exact) mass is 162 g/mol. The van der Waals surface area contributed by atoms with E-state index in [1.165, 1.54) is 0 Å². The zero-order chi connectivity index (χ0) is 8.97. The molecule has 0 spiro atoms. The molecule has 0 aliphatic heterocycles. The van der Waals surface area contributed by atoms with E-state index in [0.29, 0.717) is 17.4 Å². The summed E-state index contributed by atoms with van der Waals surface area (Å²) < 4.78 is 0. The van der Waals surface area contributed by atoms with E-state index in [1.54, 1.807) is 24.3 Å². The fourth-order valence-corrected chi connectivity index (χ4v) is 0.989. The van der Waals surface area contributed by atoms with Crippen LogP contribution in [0.1, 0.15) is 22.8 Å². The minimum atomic E-state index is 0.0469. The molecule has 1 aromatic rings. The molecule has 2 heteroatoms. The number of allylic oxidation sites excluding steroid dienone is 1. The Balaban J connectivity index is 3.22. The molecule has 0 aliphatic rings. The number of phenols is 1. The summed E-state index contributed by atoms with van der Waals surface area (Å²) in [5.74, 6) is 0.0469. The fourth-order valence-electron chi connectivity index (χ4n) is 0.989. The Bertz CT molecular complexity index is 314. The van der Waals surface area contributed by atoms with E-state index in [-0.39, 0.29) is 5.75 Å². The molecule has 1 aromatic carbocycles. The SMILES string of the molecule is C/C=C\c1cccc(C=O)c1O. The summed E-state index contributed by atoms with van der Waals surface area (Å²) in [6.07, 6.45) is 4.20. The van der Waals surface area contributed by atoms with Gasteiger partial charge in [0.2, 0.25) is 0 Å². The van der Waals surface area contributed by atoms with Crippen LogP contribution >= 0.6 is 0 Å². The van der Waals surface area contributed by atoms with Crippen molar-refractivity contribution in [3.8, 4) is 5.75 Å². The van der Waals surface area contributed by atoms with Gasteiger partial charge < -0.3 is 5.11 Å². The smallest absolute Gasteiger partial charge is 0.153 e. The van der Waals surface area contributed by atoms with Crippen LogP contribution in [0.2, 0.25) is 0 Å². The number of carbonyl (C=O) groups is 1. The molecule has 1 N–H and O–H groups in total. The standard InChI is InChI=1S/C10H10O2/c1-2-4-8-5-3-6-9(7-11)10(8)12/h2-7,12H,1H3/b4-2-. The Kier molecular flexibility index (Phi) is 2.64. The molecule has 0 saturated carbocycles. The van der Waals surface area contributed by atoms with E-state index < -0.39 is 0 Å². The molecule has 0 heterocycles. The van der Waals surface area contributed by atoms with E-state index in [0.717, 1.165) is 0 Å². The quantitative estimate of drug-likeness (QED) is 0.677.